The van der Waals surface area contributed by atoms with Gasteiger partial charge in [0.2, 0.25) is 0 Å². The quantitative estimate of drug-likeness (QED) is 0.894. The lowest BCUT2D eigenvalue weighted by Gasteiger charge is -2.39. The zero-order chi connectivity index (χ0) is 14.0. The van der Waals surface area contributed by atoms with Crippen molar-refractivity contribution in [3.8, 4) is 0 Å². The molecule has 2 nitrogen and oxygen atoms in total. The average molecular weight is 272 g/mol. The summed E-state index contributed by atoms with van der Waals surface area (Å²) in [4.78, 5) is 2.13. The summed E-state index contributed by atoms with van der Waals surface area (Å²) >= 11 is 0. The highest BCUT2D eigenvalue weighted by Crippen LogP contribution is 2.32. The van der Waals surface area contributed by atoms with Gasteiger partial charge in [-0.25, -0.2) is 0 Å². The summed E-state index contributed by atoms with van der Waals surface area (Å²) in [5.74, 6) is 0. The lowest BCUT2D eigenvalue weighted by atomic mass is 9.96. The molecule has 2 N–H and O–H groups in total. The maximum Gasteiger partial charge on any atom is 0.416 e. The molecule has 2 rings (SSSR count). The van der Waals surface area contributed by atoms with E-state index in [0.717, 1.165) is 43.6 Å². The van der Waals surface area contributed by atoms with Crippen LogP contribution in [0.2, 0.25) is 0 Å². The predicted molar refractivity (Wildman–Crippen MR) is 70.1 cm³/mol. The Morgan fingerprint density at radius 1 is 1.21 bits per heavy atom. The normalized spacial score (nSPS) is 22.4. The van der Waals surface area contributed by atoms with Gasteiger partial charge in [0.25, 0.3) is 0 Å². The Balaban J connectivity index is 2.20. The molecule has 1 saturated heterocycles. The number of piperidine rings is 1. The standard InChI is InChI=1S/C14H19F3N2/c1-10(18)13-4-2-3-9-19(13)12-7-5-11(6-8-12)14(15,16)17/h5-8,10,13H,2-4,9,18H2,1H3. The van der Waals surface area contributed by atoms with E-state index < -0.39 is 11.7 Å². The average Bonchev–Trinajstić information content (AvgIpc) is 2.38. The highest BCUT2D eigenvalue weighted by atomic mass is 19.4. The molecule has 5 heteroatoms. The van der Waals surface area contributed by atoms with Crippen molar-refractivity contribution in [3.63, 3.8) is 0 Å². The van der Waals surface area contributed by atoms with E-state index in [1.807, 2.05) is 6.92 Å². The molecule has 1 fully saturated rings. The van der Waals surface area contributed by atoms with E-state index >= 15 is 0 Å². The van der Waals surface area contributed by atoms with E-state index in [1.165, 1.54) is 0 Å². The molecule has 1 heterocycles. The molecule has 0 aromatic heterocycles. The van der Waals surface area contributed by atoms with Crippen LogP contribution in [-0.4, -0.2) is 18.6 Å². The first-order valence-corrected chi connectivity index (χ1v) is 6.59. The molecule has 2 unspecified atom stereocenters. The second kappa shape index (κ2) is 5.41. The topological polar surface area (TPSA) is 29.3 Å². The van der Waals surface area contributed by atoms with Crippen molar-refractivity contribution in [2.45, 2.75) is 44.4 Å². The van der Waals surface area contributed by atoms with Crippen molar-refractivity contribution in [2.24, 2.45) is 5.73 Å². The lowest BCUT2D eigenvalue weighted by Crippen LogP contribution is -2.49. The number of nitrogens with two attached hydrogens (primary N) is 1. The van der Waals surface area contributed by atoms with Crippen LogP contribution in [0.4, 0.5) is 18.9 Å². The van der Waals surface area contributed by atoms with Crippen LogP contribution in [0.5, 0.6) is 0 Å². The minimum atomic E-state index is -4.28. The smallest absolute Gasteiger partial charge is 0.367 e. The summed E-state index contributed by atoms with van der Waals surface area (Å²) in [7, 11) is 0. The number of alkyl halides is 3. The Labute approximate surface area is 111 Å². The van der Waals surface area contributed by atoms with Crippen LogP contribution >= 0.6 is 0 Å². The Morgan fingerprint density at radius 3 is 2.37 bits per heavy atom. The van der Waals surface area contributed by atoms with Crippen LogP contribution in [0, 0.1) is 0 Å². The van der Waals surface area contributed by atoms with Gasteiger partial charge >= 0.3 is 6.18 Å². The lowest BCUT2D eigenvalue weighted by molar-refractivity contribution is -0.137. The zero-order valence-corrected chi connectivity index (χ0v) is 11.0. The van der Waals surface area contributed by atoms with E-state index in [-0.39, 0.29) is 12.1 Å². The Hall–Kier alpha value is -1.23. The van der Waals surface area contributed by atoms with Gasteiger partial charge in [-0.3, -0.25) is 0 Å². The van der Waals surface area contributed by atoms with Crippen molar-refractivity contribution >= 4 is 5.69 Å². The summed E-state index contributed by atoms with van der Waals surface area (Å²) in [6.07, 6.45) is -1.09. The first kappa shape index (κ1) is 14.2. The van der Waals surface area contributed by atoms with Crippen LogP contribution in [-0.2, 0) is 6.18 Å². The van der Waals surface area contributed by atoms with Crippen LogP contribution in [0.25, 0.3) is 0 Å². The summed E-state index contributed by atoms with van der Waals surface area (Å²) in [6.45, 7) is 2.81. The van der Waals surface area contributed by atoms with E-state index in [0.29, 0.717) is 0 Å². The predicted octanol–water partition coefficient (Wildman–Crippen LogP) is 3.41. The second-order valence-corrected chi connectivity index (χ2v) is 5.16. The fourth-order valence-electron chi connectivity index (χ4n) is 2.67. The fourth-order valence-corrected chi connectivity index (χ4v) is 2.67. The van der Waals surface area contributed by atoms with E-state index in [2.05, 4.69) is 4.90 Å². The highest BCUT2D eigenvalue weighted by Gasteiger charge is 2.31. The van der Waals surface area contributed by atoms with Gasteiger partial charge in [-0.1, -0.05) is 0 Å². The van der Waals surface area contributed by atoms with E-state index in [1.54, 1.807) is 12.1 Å². The van der Waals surface area contributed by atoms with Gasteiger partial charge in [-0.05, 0) is 50.5 Å². The molecule has 106 valence electrons. The number of hydrogen-bond donors (Lipinski definition) is 1. The van der Waals surface area contributed by atoms with Crippen molar-refractivity contribution in [2.75, 3.05) is 11.4 Å². The summed E-state index contributed by atoms with van der Waals surface area (Å²) in [5.41, 5.74) is 6.20. The third kappa shape index (κ3) is 3.21. The van der Waals surface area contributed by atoms with Crippen molar-refractivity contribution in [1.29, 1.82) is 0 Å². The Morgan fingerprint density at radius 2 is 1.84 bits per heavy atom. The van der Waals surface area contributed by atoms with Gasteiger partial charge in [-0.15, -0.1) is 0 Å². The minimum absolute atomic E-state index is 0.0163. The Bertz CT molecular complexity index is 412. The van der Waals surface area contributed by atoms with Gasteiger partial charge in [-0.2, -0.15) is 13.2 Å². The molecule has 19 heavy (non-hydrogen) atoms. The zero-order valence-electron chi connectivity index (χ0n) is 11.0. The maximum atomic E-state index is 12.5. The van der Waals surface area contributed by atoms with Crippen molar-refractivity contribution in [3.05, 3.63) is 29.8 Å². The molecule has 0 spiro atoms. The molecule has 2 atom stereocenters. The summed E-state index contributed by atoms with van der Waals surface area (Å²) in [6, 6.07) is 5.60. The fraction of sp³-hybridized carbons (Fsp3) is 0.571. The highest BCUT2D eigenvalue weighted by molar-refractivity contribution is 5.49. The SMILES string of the molecule is CC(N)C1CCCCN1c1ccc(C(F)(F)F)cc1. The summed E-state index contributed by atoms with van der Waals surface area (Å²) in [5, 5.41) is 0. The minimum Gasteiger partial charge on any atom is -0.367 e. The Kier molecular flexibility index (Phi) is 4.04. The maximum absolute atomic E-state index is 12.5. The molecule has 1 aromatic carbocycles. The van der Waals surface area contributed by atoms with Crippen LogP contribution < -0.4 is 10.6 Å². The first-order valence-electron chi connectivity index (χ1n) is 6.59. The van der Waals surface area contributed by atoms with Gasteiger partial charge in [0, 0.05) is 24.3 Å². The first-order chi connectivity index (χ1) is 8.89. The number of anilines is 1. The van der Waals surface area contributed by atoms with E-state index in [9.17, 15) is 13.2 Å². The monoisotopic (exact) mass is 272 g/mol. The number of benzene rings is 1. The molecule has 0 amide bonds. The van der Waals surface area contributed by atoms with Gasteiger partial charge in [0.1, 0.15) is 0 Å². The molecule has 0 radical (unpaired) electrons. The molecule has 0 saturated carbocycles. The number of halogens is 3. The molecule has 0 aliphatic carbocycles. The number of nitrogens with zero attached hydrogens (tertiary/aromatic N) is 1. The second-order valence-electron chi connectivity index (χ2n) is 5.16. The largest absolute Gasteiger partial charge is 0.416 e. The summed E-state index contributed by atoms with van der Waals surface area (Å²) < 4.78 is 37.6. The van der Waals surface area contributed by atoms with Crippen molar-refractivity contribution < 1.29 is 13.2 Å². The van der Waals surface area contributed by atoms with Gasteiger partial charge in [0.15, 0.2) is 0 Å². The molecule has 0 bridgehead atoms. The molecule has 1 aromatic rings. The molecular weight excluding hydrogens is 253 g/mol. The van der Waals surface area contributed by atoms with Crippen molar-refractivity contribution in [1.82, 2.24) is 0 Å². The molecule has 1 aliphatic rings. The third-order valence-corrected chi connectivity index (χ3v) is 3.68. The van der Waals surface area contributed by atoms with E-state index in [4.69, 9.17) is 5.73 Å². The van der Waals surface area contributed by atoms with Gasteiger partial charge < -0.3 is 10.6 Å². The molecular formula is C14H19F3N2. The van der Waals surface area contributed by atoms with Gasteiger partial charge in [0.05, 0.1) is 5.56 Å². The van der Waals surface area contributed by atoms with Crippen LogP contribution in [0.1, 0.15) is 31.7 Å². The van der Waals surface area contributed by atoms with Crippen LogP contribution in [0.3, 0.4) is 0 Å². The van der Waals surface area contributed by atoms with Crippen LogP contribution in [0.15, 0.2) is 24.3 Å². The third-order valence-electron chi connectivity index (χ3n) is 3.68. The number of rotatable bonds is 2. The number of hydrogen-bond acceptors (Lipinski definition) is 2. The molecule has 1 aliphatic heterocycles.